The molecule has 1 aliphatic rings. The van der Waals surface area contributed by atoms with Gasteiger partial charge in [-0.25, -0.2) is 0 Å². The zero-order chi connectivity index (χ0) is 9.36. The lowest BCUT2D eigenvalue weighted by Crippen LogP contribution is -2.09. The standard InChI is InChI=1S/C11H18N2/c12-9-5-2-6-10-13-11-7-3-1-4-8-11/h10-11H,1-8H2. The van der Waals surface area contributed by atoms with Crippen molar-refractivity contribution in [3.63, 3.8) is 0 Å². The second-order valence-electron chi connectivity index (χ2n) is 3.67. The number of unbranched alkanes of at least 4 members (excludes halogenated alkanes) is 2. The normalized spacial score (nSPS) is 19.0. The fourth-order valence-electron chi connectivity index (χ4n) is 1.73. The van der Waals surface area contributed by atoms with Crippen molar-refractivity contribution in [3.8, 4) is 6.07 Å². The van der Waals surface area contributed by atoms with Gasteiger partial charge in [0.15, 0.2) is 0 Å². The molecule has 1 aliphatic carbocycles. The SMILES string of the molecule is N#CCCCC=NC1CCCCC1. The van der Waals surface area contributed by atoms with E-state index in [1.165, 1.54) is 32.1 Å². The van der Waals surface area contributed by atoms with Gasteiger partial charge in [0.2, 0.25) is 0 Å². The molecule has 0 bridgehead atoms. The third-order valence-electron chi connectivity index (χ3n) is 2.51. The van der Waals surface area contributed by atoms with E-state index in [-0.39, 0.29) is 0 Å². The summed E-state index contributed by atoms with van der Waals surface area (Å²) in [7, 11) is 0. The Morgan fingerprint density at radius 1 is 1.31 bits per heavy atom. The average Bonchev–Trinajstić information content (AvgIpc) is 2.19. The topological polar surface area (TPSA) is 36.1 Å². The van der Waals surface area contributed by atoms with Crippen LogP contribution in [-0.2, 0) is 0 Å². The number of aliphatic imine (C=N–C) groups is 1. The largest absolute Gasteiger partial charge is 0.294 e. The van der Waals surface area contributed by atoms with E-state index in [0.29, 0.717) is 12.5 Å². The maximum atomic E-state index is 8.32. The van der Waals surface area contributed by atoms with E-state index < -0.39 is 0 Å². The summed E-state index contributed by atoms with van der Waals surface area (Å²) in [4.78, 5) is 4.52. The molecule has 72 valence electrons. The van der Waals surface area contributed by atoms with E-state index in [1.54, 1.807) is 0 Å². The Kier molecular flexibility index (Phi) is 5.24. The van der Waals surface area contributed by atoms with Crippen LogP contribution in [0.2, 0.25) is 0 Å². The van der Waals surface area contributed by atoms with Crippen LogP contribution < -0.4 is 0 Å². The molecule has 0 saturated heterocycles. The summed E-state index contributed by atoms with van der Waals surface area (Å²) in [5.41, 5.74) is 0. The van der Waals surface area contributed by atoms with E-state index in [4.69, 9.17) is 5.26 Å². The van der Waals surface area contributed by atoms with Gasteiger partial charge in [0.05, 0.1) is 6.07 Å². The van der Waals surface area contributed by atoms with Crippen LogP contribution in [0.1, 0.15) is 51.4 Å². The van der Waals surface area contributed by atoms with Crippen LogP contribution in [0, 0.1) is 11.3 Å². The van der Waals surface area contributed by atoms with Gasteiger partial charge in [-0.2, -0.15) is 5.26 Å². The first kappa shape index (κ1) is 10.2. The van der Waals surface area contributed by atoms with Crippen LogP contribution in [0.15, 0.2) is 4.99 Å². The Morgan fingerprint density at radius 3 is 2.77 bits per heavy atom. The zero-order valence-corrected chi connectivity index (χ0v) is 8.21. The van der Waals surface area contributed by atoms with E-state index in [1.807, 2.05) is 6.21 Å². The molecule has 0 aromatic heterocycles. The number of nitrogens with zero attached hydrogens (tertiary/aromatic N) is 2. The molecule has 13 heavy (non-hydrogen) atoms. The Balaban J connectivity index is 2.05. The molecule has 0 aromatic carbocycles. The Bertz CT molecular complexity index is 185. The first-order valence-electron chi connectivity index (χ1n) is 5.32. The fourth-order valence-corrected chi connectivity index (χ4v) is 1.73. The molecule has 0 radical (unpaired) electrons. The lowest BCUT2D eigenvalue weighted by Gasteiger charge is -2.16. The van der Waals surface area contributed by atoms with Gasteiger partial charge in [-0.15, -0.1) is 0 Å². The number of hydrogen-bond acceptors (Lipinski definition) is 2. The minimum absolute atomic E-state index is 0.593. The highest BCUT2D eigenvalue weighted by atomic mass is 14.8. The first-order valence-corrected chi connectivity index (χ1v) is 5.32. The van der Waals surface area contributed by atoms with E-state index in [9.17, 15) is 0 Å². The molecule has 0 aliphatic heterocycles. The molecule has 0 aromatic rings. The summed E-state index contributed by atoms with van der Waals surface area (Å²) in [6.45, 7) is 0. The van der Waals surface area contributed by atoms with Gasteiger partial charge in [-0.05, 0) is 31.9 Å². The van der Waals surface area contributed by atoms with Crippen LogP contribution >= 0.6 is 0 Å². The van der Waals surface area contributed by atoms with Crippen molar-refractivity contribution >= 4 is 6.21 Å². The molecule has 0 unspecified atom stereocenters. The van der Waals surface area contributed by atoms with Crippen LogP contribution in [0.5, 0.6) is 0 Å². The maximum Gasteiger partial charge on any atom is 0.0621 e. The van der Waals surface area contributed by atoms with Gasteiger partial charge in [-0.3, -0.25) is 4.99 Å². The first-order chi connectivity index (χ1) is 6.43. The summed E-state index contributed by atoms with van der Waals surface area (Å²) in [5, 5.41) is 8.32. The van der Waals surface area contributed by atoms with Crippen LogP contribution in [0.3, 0.4) is 0 Å². The molecule has 2 heteroatoms. The summed E-state index contributed by atoms with van der Waals surface area (Å²) in [6.07, 6.45) is 11.3. The molecule has 1 saturated carbocycles. The van der Waals surface area contributed by atoms with Gasteiger partial charge in [0, 0.05) is 12.5 Å². The minimum atomic E-state index is 0.593. The third kappa shape index (κ3) is 4.67. The highest BCUT2D eigenvalue weighted by Crippen LogP contribution is 2.19. The molecule has 1 fully saturated rings. The summed E-state index contributed by atoms with van der Waals surface area (Å²) in [5.74, 6) is 0. The second-order valence-corrected chi connectivity index (χ2v) is 3.67. The van der Waals surface area contributed by atoms with Gasteiger partial charge < -0.3 is 0 Å². The molecule has 1 rings (SSSR count). The zero-order valence-electron chi connectivity index (χ0n) is 8.21. The average molecular weight is 178 g/mol. The molecule has 0 heterocycles. The van der Waals surface area contributed by atoms with Crippen molar-refractivity contribution in [2.75, 3.05) is 0 Å². The molecule has 0 spiro atoms. The Hall–Kier alpha value is -0.840. The van der Waals surface area contributed by atoms with E-state index in [0.717, 1.165) is 12.8 Å². The molecule has 0 atom stereocenters. The van der Waals surface area contributed by atoms with Crippen molar-refractivity contribution < 1.29 is 0 Å². The smallest absolute Gasteiger partial charge is 0.0621 e. The van der Waals surface area contributed by atoms with Crippen molar-refractivity contribution in [2.45, 2.75) is 57.4 Å². The van der Waals surface area contributed by atoms with Crippen LogP contribution in [0.25, 0.3) is 0 Å². The van der Waals surface area contributed by atoms with Crippen molar-refractivity contribution in [1.29, 1.82) is 5.26 Å². The van der Waals surface area contributed by atoms with E-state index in [2.05, 4.69) is 11.1 Å². The Morgan fingerprint density at radius 2 is 2.08 bits per heavy atom. The number of nitriles is 1. The molecule has 2 nitrogen and oxygen atoms in total. The highest BCUT2D eigenvalue weighted by molar-refractivity contribution is 5.57. The minimum Gasteiger partial charge on any atom is -0.294 e. The van der Waals surface area contributed by atoms with E-state index >= 15 is 0 Å². The van der Waals surface area contributed by atoms with Crippen molar-refractivity contribution in [1.82, 2.24) is 0 Å². The maximum absolute atomic E-state index is 8.32. The van der Waals surface area contributed by atoms with Gasteiger partial charge >= 0.3 is 0 Å². The van der Waals surface area contributed by atoms with Crippen LogP contribution in [-0.4, -0.2) is 12.3 Å². The molecular weight excluding hydrogens is 160 g/mol. The van der Waals surface area contributed by atoms with Crippen molar-refractivity contribution in [2.24, 2.45) is 4.99 Å². The van der Waals surface area contributed by atoms with Gasteiger partial charge in [-0.1, -0.05) is 19.3 Å². The third-order valence-corrected chi connectivity index (χ3v) is 2.51. The van der Waals surface area contributed by atoms with Crippen LogP contribution in [0.4, 0.5) is 0 Å². The molecule has 0 amide bonds. The monoisotopic (exact) mass is 178 g/mol. The predicted molar refractivity (Wildman–Crippen MR) is 54.8 cm³/mol. The quantitative estimate of drug-likeness (QED) is 0.481. The molecular formula is C11H18N2. The lowest BCUT2D eigenvalue weighted by atomic mass is 9.96. The highest BCUT2D eigenvalue weighted by Gasteiger charge is 2.10. The van der Waals surface area contributed by atoms with Gasteiger partial charge in [0.1, 0.15) is 0 Å². The molecule has 0 N–H and O–H groups in total. The number of hydrogen-bond donors (Lipinski definition) is 0. The number of rotatable bonds is 4. The predicted octanol–water partition coefficient (Wildman–Crippen LogP) is 3.08. The van der Waals surface area contributed by atoms with Crippen molar-refractivity contribution in [3.05, 3.63) is 0 Å². The van der Waals surface area contributed by atoms with Gasteiger partial charge in [0.25, 0.3) is 0 Å². The summed E-state index contributed by atoms with van der Waals surface area (Å²) >= 11 is 0. The lowest BCUT2D eigenvalue weighted by molar-refractivity contribution is 0.444. The summed E-state index contributed by atoms with van der Waals surface area (Å²) < 4.78 is 0. The summed E-state index contributed by atoms with van der Waals surface area (Å²) in [6, 6.07) is 2.74. The Labute approximate surface area is 80.7 Å². The fraction of sp³-hybridized carbons (Fsp3) is 0.818. The second kappa shape index (κ2) is 6.65.